The number of rotatable bonds is 11. The van der Waals surface area contributed by atoms with Crippen LogP contribution >= 0.6 is 0 Å². The van der Waals surface area contributed by atoms with Gasteiger partial charge in [-0.2, -0.15) is 0 Å². The molecule has 3 fully saturated rings. The van der Waals surface area contributed by atoms with Crippen LogP contribution in [0.25, 0.3) is 0 Å². The fourth-order valence-electron chi connectivity index (χ4n) is 10.9. The fourth-order valence-corrected chi connectivity index (χ4v) is 10.9. The summed E-state index contributed by atoms with van der Waals surface area (Å²) in [4.78, 5) is 31.9. The average Bonchev–Trinajstić information content (AvgIpc) is 3.71. The van der Waals surface area contributed by atoms with Crippen molar-refractivity contribution in [2.75, 3.05) is 45.2 Å². The van der Waals surface area contributed by atoms with Crippen LogP contribution in [0.3, 0.4) is 0 Å². The van der Waals surface area contributed by atoms with Crippen molar-refractivity contribution < 1.29 is 63.5 Å². The second-order valence-corrected chi connectivity index (χ2v) is 20.7. The van der Waals surface area contributed by atoms with Gasteiger partial charge in [-0.25, -0.2) is 4.79 Å². The summed E-state index contributed by atoms with van der Waals surface area (Å²) in [5.74, 6) is -2.94. The summed E-state index contributed by atoms with van der Waals surface area (Å²) in [6.45, 7) is 21.0. The molecule has 5 rings (SSSR count). The maximum absolute atomic E-state index is 14.5. The summed E-state index contributed by atoms with van der Waals surface area (Å²) in [6, 6.07) is 6.13. The minimum atomic E-state index is -1.86. The van der Waals surface area contributed by atoms with Gasteiger partial charge in [0, 0.05) is 51.3 Å². The summed E-state index contributed by atoms with van der Waals surface area (Å²) in [5.41, 5.74) is -4.29. The number of hydrogen-bond donors (Lipinski definition) is 7. The quantitative estimate of drug-likeness (QED) is 0.125. The first-order valence-electron chi connectivity index (χ1n) is 24.3. The maximum atomic E-state index is 14.5. The number of esters is 1. The Morgan fingerprint density at radius 1 is 1.00 bits per heavy atom. The van der Waals surface area contributed by atoms with Gasteiger partial charge in [0.25, 0.3) is 0 Å². The predicted octanol–water partition coefficient (Wildman–Crippen LogP) is 3.48. The summed E-state index contributed by atoms with van der Waals surface area (Å²) in [5, 5.41) is 67.0. The highest BCUT2D eigenvalue weighted by Gasteiger charge is 2.58. The van der Waals surface area contributed by atoms with Gasteiger partial charge in [0.1, 0.15) is 35.1 Å². The molecule has 1 aromatic carbocycles. The molecule has 0 unspecified atom stereocenters. The highest BCUT2D eigenvalue weighted by atomic mass is 16.7. The van der Waals surface area contributed by atoms with Crippen LogP contribution < -0.4 is 15.5 Å². The number of amides is 2. The van der Waals surface area contributed by atoms with Crippen LogP contribution in [-0.2, 0) is 39.6 Å². The Labute approximate surface area is 393 Å². The first kappa shape index (κ1) is 54.4. The van der Waals surface area contributed by atoms with Gasteiger partial charge in [-0.05, 0) is 111 Å². The first-order chi connectivity index (χ1) is 30.9. The lowest BCUT2D eigenvalue weighted by molar-refractivity contribution is -0.336. The molecule has 1 aromatic rings. The van der Waals surface area contributed by atoms with Gasteiger partial charge in [0.15, 0.2) is 12.6 Å². The van der Waals surface area contributed by atoms with Crippen LogP contribution in [0, 0.1) is 17.8 Å². The summed E-state index contributed by atoms with van der Waals surface area (Å²) >= 11 is 0. The number of fused-ring (bicyclic) bond motifs is 1. The third kappa shape index (κ3) is 11.4. The molecule has 0 saturated carbocycles. The van der Waals surface area contributed by atoms with E-state index in [9.17, 15) is 35.1 Å². The molecule has 17 heteroatoms. The van der Waals surface area contributed by atoms with Crippen LogP contribution in [0.5, 0.6) is 0 Å². The van der Waals surface area contributed by atoms with Crippen molar-refractivity contribution in [2.45, 2.75) is 204 Å². The number of likely N-dealkylation sites (N-methyl/N-ethyl adjacent to an activating group) is 1. The van der Waals surface area contributed by atoms with Crippen molar-refractivity contribution in [3.63, 3.8) is 0 Å². The number of cyclic esters (lactones) is 1. The lowest BCUT2D eigenvalue weighted by Gasteiger charge is -2.53. The molecule has 0 aromatic heterocycles. The summed E-state index contributed by atoms with van der Waals surface area (Å²) in [7, 11) is 3.19. The van der Waals surface area contributed by atoms with Gasteiger partial charge in [-0.15, -0.1) is 0 Å². The Kier molecular flexibility index (Phi) is 18.2. The largest absolute Gasteiger partial charge is 0.459 e. The van der Waals surface area contributed by atoms with E-state index >= 15 is 0 Å². The van der Waals surface area contributed by atoms with E-state index in [0.29, 0.717) is 26.1 Å². The van der Waals surface area contributed by atoms with Crippen LogP contribution in [0.4, 0.5) is 10.5 Å². The summed E-state index contributed by atoms with van der Waals surface area (Å²) < 4.78 is 38.8. The highest BCUT2D eigenvalue weighted by molar-refractivity contribution is 5.94. The standard InChI is InChI=1S/C49H84N4O13/c1-14-21-50-27-49(60)33(8)63-38(25-47(49,10)61-13)65-40-30(5)42(46(9,58)24-28(3)26-51-32(7)41(55)48(11,59)37(15-2)64-43(56)31(40)6)66-44-39(54)36(23-29(4)62-44)52(12)45(57)53-22-20-34-18-16-17-19-35(34)53/h16-19,28-33,36-42,44,50-51,54-55,58-60H,14-15,20-27H2,1-13H3/t28-,29-,30+,31-,32-,33+,36+,37-,38+,39-,40+,41-,42-,44+,46-,47-,48-,49+/m1/s1. The molecule has 4 aliphatic heterocycles. The van der Waals surface area contributed by atoms with E-state index in [2.05, 4.69) is 10.6 Å². The predicted molar refractivity (Wildman–Crippen MR) is 249 cm³/mol. The van der Waals surface area contributed by atoms with Gasteiger partial charge in [-0.3, -0.25) is 9.69 Å². The molecule has 0 aliphatic carbocycles. The van der Waals surface area contributed by atoms with Crippen molar-refractivity contribution in [3.05, 3.63) is 29.8 Å². The Bertz CT molecular complexity index is 1760. The number of aliphatic hydroxyl groups excluding tert-OH is 2. The number of carbonyl (C=O) groups is 2. The van der Waals surface area contributed by atoms with Crippen molar-refractivity contribution in [1.29, 1.82) is 0 Å². The van der Waals surface area contributed by atoms with Crippen LogP contribution in [0.2, 0.25) is 0 Å². The molecule has 66 heavy (non-hydrogen) atoms. The lowest BCUT2D eigenvalue weighted by atomic mass is 9.75. The van der Waals surface area contributed by atoms with E-state index in [1.54, 1.807) is 65.3 Å². The number of hydrogen-bond acceptors (Lipinski definition) is 15. The van der Waals surface area contributed by atoms with E-state index < -0.39 is 108 Å². The molecule has 378 valence electrons. The summed E-state index contributed by atoms with van der Waals surface area (Å²) in [6.07, 6.45) is -7.53. The van der Waals surface area contributed by atoms with Gasteiger partial charge in [-0.1, -0.05) is 45.9 Å². The number of methoxy groups -OCH3 is 1. The van der Waals surface area contributed by atoms with Crippen LogP contribution in [0.1, 0.15) is 114 Å². The topological polar surface area (TPSA) is 221 Å². The number of carbonyl (C=O) groups excluding carboxylic acids is 2. The van der Waals surface area contributed by atoms with E-state index in [1.165, 1.54) is 14.0 Å². The number of ether oxygens (including phenoxy) is 6. The Morgan fingerprint density at radius 2 is 1.68 bits per heavy atom. The molecule has 0 radical (unpaired) electrons. The first-order valence-corrected chi connectivity index (χ1v) is 24.3. The molecule has 4 heterocycles. The molecule has 18 atom stereocenters. The molecule has 0 spiro atoms. The normalized spacial score (nSPS) is 43.1. The third-order valence-corrected chi connectivity index (χ3v) is 15.3. The number of urea groups is 1. The Morgan fingerprint density at radius 3 is 2.33 bits per heavy atom. The lowest BCUT2D eigenvalue weighted by Crippen LogP contribution is -2.70. The van der Waals surface area contributed by atoms with E-state index in [4.69, 9.17) is 28.4 Å². The second-order valence-electron chi connectivity index (χ2n) is 20.7. The van der Waals surface area contributed by atoms with Crippen molar-refractivity contribution >= 4 is 17.7 Å². The van der Waals surface area contributed by atoms with Crippen LogP contribution in [-0.4, -0.2) is 173 Å². The average molecular weight is 937 g/mol. The molecule has 0 bridgehead atoms. The zero-order valence-corrected chi connectivity index (χ0v) is 41.9. The zero-order chi connectivity index (χ0) is 49.1. The minimum Gasteiger partial charge on any atom is -0.459 e. The molecule has 3 saturated heterocycles. The highest BCUT2D eigenvalue weighted by Crippen LogP contribution is 2.43. The maximum Gasteiger partial charge on any atom is 0.324 e. The van der Waals surface area contributed by atoms with Gasteiger partial charge < -0.3 is 69.5 Å². The van der Waals surface area contributed by atoms with Crippen molar-refractivity contribution in [3.8, 4) is 0 Å². The number of aliphatic hydroxyl groups is 5. The van der Waals surface area contributed by atoms with E-state index in [1.807, 2.05) is 45.0 Å². The van der Waals surface area contributed by atoms with E-state index in [-0.39, 0.29) is 37.8 Å². The number of anilines is 1. The molecular weight excluding hydrogens is 853 g/mol. The van der Waals surface area contributed by atoms with E-state index in [0.717, 1.165) is 24.1 Å². The minimum absolute atomic E-state index is 0.0512. The third-order valence-electron chi connectivity index (χ3n) is 15.3. The molecule has 2 amide bonds. The second kappa shape index (κ2) is 22.1. The molecule has 17 nitrogen and oxygen atoms in total. The van der Waals surface area contributed by atoms with Gasteiger partial charge in [0.05, 0.1) is 42.0 Å². The zero-order valence-electron chi connectivity index (χ0n) is 41.9. The number of benzene rings is 1. The monoisotopic (exact) mass is 937 g/mol. The number of nitrogens with zero attached hydrogens (tertiary/aromatic N) is 2. The number of nitrogens with one attached hydrogen (secondary N) is 2. The van der Waals surface area contributed by atoms with Gasteiger partial charge >= 0.3 is 12.0 Å². The fraction of sp³-hybridized carbons (Fsp3) is 0.837. The molecular formula is C49H84N4O13. The number of para-hydroxylation sites is 1. The smallest absolute Gasteiger partial charge is 0.324 e. The van der Waals surface area contributed by atoms with Crippen molar-refractivity contribution in [1.82, 2.24) is 15.5 Å². The van der Waals surface area contributed by atoms with Crippen LogP contribution in [0.15, 0.2) is 24.3 Å². The molecule has 7 N–H and O–H groups in total. The van der Waals surface area contributed by atoms with Gasteiger partial charge in [0.2, 0.25) is 0 Å². The SMILES string of the molecule is CCCNC[C@]1(O)[C@H](C)O[C@@H](O[C@H]2[C@H](C)[C@@H](O[C@@H]3O[C@H](C)C[C@H](N(C)C(=O)N4CCc5ccccc54)[C@H]3O)[C@](C)(O)C[C@@H](C)CN[C@H](C)[C@@H](O)[C@](C)(O)[C@@H](CC)OC(=O)[C@@H]2C)C[C@@]1(C)OC. The Hall–Kier alpha value is -2.52. The Balaban J connectivity index is 1.54. The molecule has 4 aliphatic rings. The van der Waals surface area contributed by atoms with Crippen molar-refractivity contribution in [2.24, 2.45) is 17.8 Å².